The van der Waals surface area contributed by atoms with E-state index in [4.69, 9.17) is 0 Å². The summed E-state index contributed by atoms with van der Waals surface area (Å²) in [5.41, 5.74) is 0. The van der Waals surface area contributed by atoms with Crippen LogP contribution in [0.15, 0.2) is 11.9 Å². The van der Waals surface area contributed by atoms with Crippen molar-refractivity contribution in [2.45, 2.75) is 70.9 Å². The Kier molecular flexibility index (Phi) is 5.73. The van der Waals surface area contributed by atoms with Crippen molar-refractivity contribution < 1.29 is 17.6 Å². The van der Waals surface area contributed by atoms with E-state index in [1.54, 1.807) is 0 Å². The molecule has 2 aliphatic rings. The lowest BCUT2D eigenvalue weighted by molar-refractivity contribution is -0.0821. The summed E-state index contributed by atoms with van der Waals surface area (Å²) >= 11 is 0. The zero-order chi connectivity index (χ0) is 15.5. The standard InChI is InChI=1S/C17H26F4/c1-12-2-4-13(5-3-12)10-14-6-8-15(9-7-14)16(18)11-17(19,20)21/h11-15H,2-10H2,1H3/b16-11-. The van der Waals surface area contributed by atoms with Crippen LogP contribution in [0, 0.1) is 23.7 Å². The molecule has 0 radical (unpaired) electrons. The maximum absolute atomic E-state index is 13.6. The molecule has 0 N–H and O–H groups in total. The highest BCUT2D eigenvalue weighted by Crippen LogP contribution is 2.40. The summed E-state index contributed by atoms with van der Waals surface area (Å²) in [6.45, 7) is 2.30. The van der Waals surface area contributed by atoms with E-state index in [1.165, 1.54) is 32.1 Å². The van der Waals surface area contributed by atoms with Crippen LogP contribution in [-0.2, 0) is 0 Å². The number of allylic oxidation sites excluding steroid dienone is 2. The Morgan fingerprint density at radius 2 is 1.38 bits per heavy atom. The molecule has 122 valence electrons. The van der Waals surface area contributed by atoms with Crippen LogP contribution >= 0.6 is 0 Å². The van der Waals surface area contributed by atoms with Gasteiger partial charge in [-0.2, -0.15) is 13.2 Å². The molecule has 0 saturated heterocycles. The molecule has 21 heavy (non-hydrogen) atoms. The normalized spacial score (nSPS) is 35.8. The maximum Gasteiger partial charge on any atom is 0.412 e. The minimum Gasteiger partial charge on any atom is -0.212 e. The van der Waals surface area contributed by atoms with Crippen molar-refractivity contribution in [2.24, 2.45) is 23.7 Å². The van der Waals surface area contributed by atoms with Gasteiger partial charge in [-0.1, -0.05) is 32.6 Å². The second-order valence-electron chi connectivity index (χ2n) is 7.15. The lowest BCUT2D eigenvalue weighted by Crippen LogP contribution is -2.21. The predicted octanol–water partition coefficient (Wildman–Crippen LogP) is 6.42. The molecular formula is C17H26F4. The highest BCUT2D eigenvalue weighted by Gasteiger charge is 2.31. The van der Waals surface area contributed by atoms with E-state index in [1.807, 2.05) is 0 Å². The second-order valence-corrected chi connectivity index (χ2v) is 7.15. The number of hydrogen-bond acceptors (Lipinski definition) is 0. The van der Waals surface area contributed by atoms with Gasteiger partial charge in [-0.15, -0.1) is 0 Å². The van der Waals surface area contributed by atoms with E-state index < -0.39 is 17.9 Å². The molecule has 0 aromatic carbocycles. The SMILES string of the molecule is CC1CCC(CC2CCC(/C(F)=C/C(F)(F)F)CC2)CC1. The second kappa shape index (κ2) is 7.15. The van der Waals surface area contributed by atoms with E-state index in [0.717, 1.165) is 24.7 Å². The summed E-state index contributed by atoms with van der Waals surface area (Å²) in [4.78, 5) is 0. The molecule has 0 aliphatic heterocycles. The van der Waals surface area contributed by atoms with Crippen LogP contribution in [0.25, 0.3) is 0 Å². The third kappa shape index (κ3) is 5.63. The molecule has 0 amide bonds. The van der Waals surface area contributed by atoms with Crippen LogP contribution in [0.1, 0.15) is 64.7 Å². The number of rotatable bonds is 3. The van der Waals surface area contributed by atoms with Crippen molar-refractivity contribution in [3.63, 3.8) is 0 Å². The van der Waals surface area contributed by atoms with Gasteiger partial charge in [-0.05, 0) is 49.9 Å². The fourth-order valence-electron chi connectivity index (χ4n) is 3.98. The molecular weight excluding hydrogens is 280 g/mol. The van der Waals surface area contributed by atoms with E-state index in [9.17, 15) is 17.6 Å². The zero-order valence-corrected chi connectivity index (χ0v) is 12.8. The first-order chi connectivity index (χ1) is 9.83. The average molecular weight is 306 g/mol. The quantitative estimate of drug-likeness (QED) is 0.527. The minimum atomic E-state index is -4.53. The first kappa shape index (κ1) is 16.8. The highest BCUT2D eigenvalue weighted by molar-refractivity contribution is 5.03. The molecule has 0 heterocycles. The van der Waals surface area contributed by atoms with Gasteiger partial charge in [-0.25, -0.2) is 4.39 Å². The van der Waals surface area contributed by atoms with Gasteiger partial charge in [0.25, 0.3) is 0 Å². The van der Waals surface area contributed by atoms with Crippen molar-refractivity contribution >= 4 is 0 Å². The van der Waals surface area contributed by atoms with Crippen LogP contribution in [0.4, 0.5) is 17.6 Å². The molecule has 2 rings (SSSR count). The molecule has 0 bridgehead atoms. The van der Waals surface area contributed by atoms with Gasteiger partial charge in [0.2, 0.25) is 0 Å². The summed E-state index contributed by atoms with van der Waals surface area (Å²) in [5.74, 6) is 0.761. The van der Waals surface area contributed by atoms with Crippen molar-refractivity contribution in [3.8, 4) is 0 Å². The fourth-order valence-corrected chi connectivity index (χ4v) is 3.98. The van der Waals surface area contributed by atoms with Crippen LogP contribution in [0.3, 0.4) is 0 Å². The van der Waals surface area contributed by atoms with Crippen molar-refractivity contribution in [1.82, 2.24) is 0 Å². The smallest absolute Gasteiger partial charge is 0.212 e. The first-order valence-corrected chi connectivity index (χ1v) is 8.28. The summed E-state index contributed by atoms with van der Waals surface area (Å²) in [7, 11) is 0. The Bertz CT molecular complexity index is 342. The van der Waals surface area contributed by atoms with E-state index in [0.29, 0.717) is 18.8 Å². The molecule has 2 aliphatic carbocycles. The first-order valence-electron chi connectivity index (χ1n) is 8.28. The number of alkyl halides is 3. The molecule has 0 aromatic rings. The van der Waals surface area contributed by atoms with Crippen LogP contribution in [-0.4, -0.2) is 6.18 Å². The molecule has 0 spiro atoms. The zero-order valence-electron chi connectivity index (χ0n) is 12.8. The monoisotopic (exact) mass is 306 g/mol. The fraction of sp³-hybridized carbons (Fsp3) is 0.882. The van der Waals surface area contributed by atoms with E-state index in [-0.39, 0.29) is 6.08 Å². The van der Waals surface area contributed by atoms with Gasteiger partial charge >= 0.3 is 6.18 Å². The predicted molar refractivity (Wildman–Crippen MR) is 76.4 cm³/mol. The summed E-state index contributed by atoms with van der Waals surface area (Å²) in [6.07, 6.45) is 4.65. The van der Waals surface area contributed by atoms with Crippen LogP contribution in [0.2, 0.25) is 0 Å². The molecule has 0 nitrogen and oxygen atoms in total. The van der Waals surface area contributed by atoms with Gasteiger partial charge in [0, 0.05) is 5.92 Å². The molecule has 2 saturated carbocycles. The Hall–Kier alpha value is -0.540. The summed E-state index contributed by atoms with van der Waals surface area (Å²) < 4.78 is 50.0. The lowest BCUT2D eigenvalue weighted by atomic mass is 9.73. The minimum absolute atomic E-state index is 0.152. The van der Waals surface area contributed by atoms with Gasteiger partial charge in [0.1, 0.15) is 5.83 Å². The lowest BCUT2D eigenvalue weighted by Gasteiger charge is -2.33. The third-order valence-electron chi connectivity index (χ3n) is 5.34. The van der Waals surface area contributed by atoms with Crippen LogP contribution < -0.4 is 0 Å². The largest absolute Gasteiger partial charge is 0.412 e. The molecule has 0 aromatic heterocycles. The van der Waals surface area contributed by atoms with Gasteiger partial charge < -0.3 is 0 Å². The van der Waals surface area contributed by atoms with Crippen molar-refractivity contribution in [1.29, 1.82) is 0 Å². The Morgan fingerprint density at radius 1 is 0.905 bits per heavy atom. The van der Waals surface area contributed by atoms with Gasteiger partial charge in [-0.3, -0.25) is 0 Å². The summed E-state index contributed by atoms with van der Waals surface area (Å²) in [5, 5.41) is 0. The average Bonchev–Trinajstić information content (AvgIpc) is 2.40. The summed E-state index contributed by atoms with van der Waals surface area (Å²) in [6, 6.07) is 0. The van der Waals surface area contributed by atoms with Gasteiger partial charge in [0.15, 0.2) is 0 Å². The third-order valence-corrected chi connectivity index (χ3v) is 5.34. The Labute approximate surface area is 125 Å². The molecule has 2 fully saturated rings. The Morgan fingerprint density at radius 3 is 1.86 bits per heavy atom. The van der Waals surface area contributed by atoms with Crippen LogP contribution in [0.5, 0.6) is 0 Å². The topological polar surface area (TPSA) is 0 Å². The van der Waals surface area contributed by atoms with Gasteiger partial charge in [0.05, 0.1) is 6.08 Å². The molecule has 4 heteroatoms. The highest BCUT2D eigenvalue weighted by atomic mass is 19.4. The van der Waals surface area contributed by atoms with E-state index >= 15 is 0 Å². The van der Waals surface area contributed by atoms with Crippen molar-refractivity contribution in [3.05, 3.63) is 11.9 Å². The molecule has 0 unspecified atom stereocenters. The molecule has 0 atom stereocenters. The van der Waals surface area contributed by atoms with E-state index in [2.05, 4.69) is 6.92 Å². The number of hydrogen-bond donors (Lipinski definition) is 0. The Balaban J connectivity index is 1.74. The maximum atomic E-state index is 13.6. The number of halogens is 4. The van der Waals surface area contributed by atoms with Crippen molar-refractivity contribution in [2.75, 3.05) is 0 Å².